The van der Waals surface area contributed by atoms with E-state index in [-0.39, 0.29) is 41.4 Å². The van der Waals surface area contributed by atoms with Gasteiger partial charge in [-0.05, 0) is 42.4 Å². The molecule has 0 saturated carbocycles. The van der Waals surface area contributed by atoms with E-state index in [4.69, 9.17) is 14.2 Å². The van der Waals surface area contributed by atoms with Gasteiger partial charge in [0.1, 0.15) is 6.10 Å². The molecule has 3 rings (SSSR count). The van der Waals surface area contributed by atoms with E-state index < -0.39 is 6.10 Å². The van der Waals surface area contributed by atoms with Gasteiger partial charge in [-0.25, -0.2) is 0 Å². The minimum absolute atomic E-state index is 0.00355. The molecule has 2 aliphatic heterocycles. The van der Waals surface area contributed by atoms with Crippen molar-refractivity contribution in [2.45, 2.75) is 95.4 Å². The maximum Gasteiger partial charge on any atom is 0.196 e. The number of ketones is 1. The molecule has 0 amide bonds. The van der Waals surface area contributed by atoms with Crippen molar-refractivity contribution in [3.05, 3.63) is 40.0 Å². The second-order valence-electron chi connectivity index (χ2n) is 9.30. The Bertz CT molecular complexity index is 826. The number of hydrogen-bond acceptors (Lipinski definition) is 6. The van der Waals surface area contributed by atoms with E-state index in [0.29, 0.717) is 31.6 Å². The number of allylic oxidation sites excluding steroid dienone is 1. The highest BCUT2D eigenvalue weighted by atomic mass is 127. The van der Waals surface area contributed by atoms with Crippen molar-refractivity contribution >= 4 is 45.3 Å². The highest BCUT2D eigenvalue weighted by Gasteiger charge is 2.40. The van der Waals surface area contributed by atoms with Crippen molar-refractivity contribution in [1.82, 2.24) is 0 Å². The molecule has 1 aromatic carbocycles. The molecule has 7 heteroatoms. The minimum Gasteiger partial charge on any atom is -0.374 e. The van der Waals surface area contributed by atoms with Gasteiger partial charge in [0.05, 0.1) is 18.3 Å². The van der Waals surface area contributed by atoms with Crippen LogP contribution in [-0.2, 0) is 23.8 Å². The summed E-state index contributed by atoms with van der Waals surface area (Å²) >= 11 is 3.51. The number of ether oxygens (including phenoxy) is 3. The SMILES string of the molecule is Cc1ccc(SC(=O)C[C@H]2C[C@@H](O[C@H]3CCC(=O)[C@H](C)O3)[C@H](C)[C@@H](C[C@@H](C)/C=C\I)O2)cc1. The van der Waals surface area contributed by atoms with Gasteiger partial charge in [0, 0.05) is 36.5 Å². The van der Waals surface area contributed by atoms with Crippen LogP contribution in [0.25, 0.3) is 0 Å². The van der Waals surface area contributed by atoms with Crippen LogP contribution in [0.3, 0.4) is 0 Å². The summed E-state index contributed by atoms with van der Waals surface area (Å²) in [4.78, 5) is 25.6. The first kappa shape index (κ1) is 26.9. The van der Waals surface area contributed by atoms with Crippen molar-refractivity contribution in [3.63, 3.8) is 0 Å². The van der Waals surface area contributed by atoms with Gasteiger partial charge in [-0.15, -0.1) is 0 Å². The Hall–Kier alpha value is -0.740. The Labute approximate surface area is 215 Å². The number of rotatable bonds is 8. The van der Waals surface area contributed by atoms with Gasteiger partial charge in [-0.1, -0.05) is 72.0 Å². The second kappa shape index (κ2) is 12.8. The molecule has 1 aromatic rings. The van der Waals surface area contributed by atoms with Gasteiger partial charge in [0.15, 0.2) is 17.2 Å². The first-order chi connectivity index (χ1) is 15.7. The fraction of sp³-hybridized carbons (Fsp3) is 0.615. The van der Waals surface area contributed by atoms with Gasteiger partial charge in [-0.2, -0.15) is 0 Å². The van der Waals surface area contributed by atoms with Crippen molar-refractivity contribution in [2.24, 2.45) is 11.8 Å². The summed E-state index contributed by atoms with van der Waals surface area (Å²) in [6, 6.07) is 8.01. The van der Waals surface area contributed by atoms with E-state index in [1.165, 1.54) is 17.3 Å². The summed E-state index contributed by atoms with van der Waals surface area (Å²) < 4.78 is 20.7. The largest absolute Gasteiger partial charge is 0.374 e. The van der Waals surface area contributed by atoms with Gasteiger partial charge in [-0.3, -0.25) is 9.59 Å². The zero-order valence-corrected chi connectivity index (χ0v) is 22.8. The molecule has 0 N–H and O–H groups in total. The lowest BCUT2D eigenvalue weighted by Crippen LogP contribution is -2.48. The quantitative estimate of drug-likeness (QED) is 0.265. The molecule has 182 valence electrons. The van der Waals surface area contributed by atoms with Gasteiger partial charge >= 0.3 is 0 Å². The third kappa shape index (κ3) is 8.16. The Morgan fingerprint density at radius 1 is 1.27 bits per heavy atom. The Morgan fingerprint density at radius 2 is 2.00 bits per heavy atom. The zero-order valence-electron chi connectivity index (χ0n) is 19.9. The molecule has 2 heterocycles. The summed E-state index contributed by atoms with van der Waals surface area (Å²) in [6.07, 6.45) is 4.03. The van der Waals surface area contributed by atoms with E-state index in [9.17, 15) is 9.59 Å². The molecule has 2 saturated heterocycles. The maximum atomic E-state index is 12.8. The van der Waals surface area contributed by atoms with Crippen molar-refractivity contribution in [2.75, 3.05) is 0 Å². The summed E-state index contributed by atoms with van der Waals surface area (Å²) in [5.74, 6) is 0.668. The maximum absolute atomic E-state index is 12.8. The van der Waals surface area contributed by atoms with Gasteiger partial charge in [0.2, 0.25) is 0 Å². The molecule has 0 spiro atoms. The molecule has 33 heavy (non-hydrogen) atoms. The first-order valence-electron chi connectivity index (χ1n) is 11.8. The van der Waals surface area contributed by atoms with E-state index >= 15 is 0 Å². The fourth-order valence-corrected chi connectivity index (χ4v) is 5.90. The van der Waals surface area contributed by atoms with Crippen molar-refractivity contribution in [3.8, 4) is 0 Å². The Morgan fingerprint density at radius 3 is 2.67 bits per heavy atom. The predicted molar refractivity (Wildman–Crippen MR) is 139 cm³/mol. The Balaban J connectivity index is 1.66. The van der Waals surface area contributed by atoms with Crippen molar-refractivity contribution < 1.29 is 23.8 Å². The Kier molecular flexibility index (Phi) is 10.4. The topological polar surface area (TPSA) is 61.8 Å². The molecule has 2 aliphatic rings. The average Bonchev–Trinajstić information content (AvgIpc) is 2.76. The number of Topliss-reactive ketones (excluding diaryl/α,β-unsaturated/α-hetero) is 1. The molecular formula is C26H35IO5S. The van der Waals surface area contributed by atoms with E-state index in [2.05, 4.69) is 42.5 Å². The van der Waals surface area contributed by atoms with Crippen LogP contribution in [0.5, 0.6) is 0 Å². The van der Waals surface area contributed by atoms with Crippen LogP contribution >= 0.6 is 34.4 Å². The number of aryl methyl sites for hydroxylation is 1. The highest BCUT2D eigenvalue weighted by Crippen LogP contribution is 2.36. The van der Waals surface area contributed by atoms with Crippen LogP contribution in [0.4, 0.5) is 0 Å². The third-order valence-corrected chi connectivity index (χ3v) is 7.77. The smallest absolute Gasteiger partial charge is 0.196 e. The van der Waals surface area contributed by atoms with Crippen LogP contribution in [0.15, 0.2) is 39.3 Å². The number of thioether (sulfide) groups is 1. The summed E-state index contributed by atoms with van der Waals surface area (Å²) in [6.45, 7) is 8.16. The second-order valence-corrected chi connectivity index (χ2v) is 11.2. The number of halogens is 1. The number of carbonyl (C=O) groups is 2. The molecular weight excluding hydrogens is 551 g/mol. The molecule has 0 radical (unpaired) electrons. The molecule has 0 aliphatic carbocycles. The van der Waals surface area contributed by atoms with Gasteiger partial charge in [0.25, 0.3) is 0 Å². The molecule has 5 nitrogen and oxygen atoms in total. The zero-order chi connectivity index (χ0) is 24.0. The lowest BCUT2D eigenvalue weighted by atomic mass is 9.85. The normalized spacial score (nSPS) is 31.6. The lowest BCUT2D eigenvalue weighted by molar-refractivity contribution is -0.243. The van der Waals surface area contributed by atoms with Gasteiger partial charge < -0.3 is 14.2 Å². The molecule has 7 atom stereocenters. The predicted octanol–water partition coefficient (Wildman–Crippen LogP) is 6.25. The van der Waals surface area contributed by atoms with Crippen LogP contribution < -0.4 is 0 Å². The molecule has 2 fully saturated rings. The van der Waals surface area contributed by atoms with Crippen LogP contribution in [0.2, 0.25) is 0 Å². The first-order valence-corrected chi connectivity index (χ1v) is 13.8. The molecule has 0 unspecified atom stereocenters. The molecule has 0 bridgehead atoms. The van der Waals surface area contributed by atoms with E-state index in [0.717, 1.165) is 11.3 Å². The lowest BCUT2D eigenvalue weighted by Gasteiger charge is -2.43. The summed E-state index contributed by atoms with van der Waals surface area (Å²) in [7, 11) is 0. The average molecular weight is 587 g/mol. The summed E-state index contributed by atoms with van der Waals surface area (Å²) in [5.41, 5.74) is 1.18. The number of hydrogen-bond donors (Lipinski definition) is 0. The van der Waals surface area contributed by atoms with Crippen molar-refractivity contribution in [1.29, 1.82) is 0 Å². The van der Waals surface area contributed by atoms with Crippen LogP contribution in [0.1, 0.15) is 58.4 Å². The van der Waals surface area contributed by atoms with Crippen LogP contribution in [-0.4, -0.2) is 41.6 Å². The number of carbonyl (C=O) groups excluding carboxylic acids is 2. The fourth-order valence-electron chi connectivity index (χ4n) is 4.39. The van der Waals surface area contributed by atoms with E-state index in [1.807, 2.05) is 35.3 Å². The highest BCUT2D eigenvalue weighted by molar-refractivity contribution is 14.1. The standard InChI is InChI=1S/C26H35IO5S/c1-16-5-7-21(8-6-16)33-25(29)15-20-14-24(32-26-10-9-22(28)19(4)30-26)18(3)23(31-20)13-17(2)11-12-27/h5-8,11-12,17-20,23-24,26H,9-10,13-15H2,1-4H3/b12-11-/t17-,18+,19-,20+,23+,24+,26-/m0/s1. The number of benzene rings is 1. The third-order valence-electron chi connectivity index (χ3n) is 6.45. The van der Waals surface area contributed by atoms with E-state index in [1.54, 1.807) is 6.92 Å². The molecule has 0 aromatic heterocycles. The summed E-state index contributed by atoms with van der Waals surface area (Å²) in [5, 5.41) is 0.101. The monoisotopic (exact) mass is 586 g/mol. The van der Waals surface area contributed by atoms with Crippen LogP contribution in [0, 0.1) is 18.8 Å². The minimum atomic E-state index is -0.424.